The standard InChI is InChI=1S/C21H26O7/c1-11-10-13-15(16-12(22)6-7-14(23)21(11,16)19(24)25-2)17-18(26-13)28-20(27-17)8-4-3-5-9-20/h10-11,15-18H,3-9H2,1-2H3/t11-,15?,16?,17-,18-,21+/m1/s1. The van der Waals surface area contributed by atoms with E-state index in [1.54, 1.807) is 13.0 Å². The zero-order valence-electron chi connectivity index (χ0n) is 16.3. The summed E-state index contributed by atoms with van der Waals surface area (Å²) in [4.78, 5) is 39.1. The van der Waals surface area contributed by atoms with Crippen molar-refractivity contribution >= 4 is 17.5 Å². The molecular formula is C21H26O7. The highest BCUT2D eigenvalue weighted by Crippen LogP contribution is 2.59. The molecule has 2 unspecified atom stereocenters. The van der Waals surface area contributed by atoms with Crippen LogP contribution in [0.5, 0.6) is 0 Å². The number of hydrogen-bond acceptors (Lipinski definition) is 7. The summed E-state index contributed by atoms with van der Waals surface area (Å²) in [5.41, 5.74) is -1.50. The van der Waals surface area contributed by atoms with Gasteiger partial charge in [0.1, 0.15) is 23.1 Å². The quantitative estimate of drug-likeness (QED) is 0.501. The molecule has 2 heterocycles. The third-order valence-corrected chi connectivity index (χ3v) is 7.41. The Morgan fingerprint density at radius 2 is 1.89 bits per heavy atom. The van der Waals surface area contributed by atoms with E-state index in [1.807, 2.05) is 0 Å². The van der Waals surface area contributed by atoms with E-state index in [4.69, 9.17) is 18.9 Å². The summed E-state index contributed by atoms with van der Waals surface area (Å²) in [5, 5.41) is 0. The Labute approximate surface area is 163 Å². The Hall–Kier alpha value is -1.73. The van der Waals surface area contributed by atoms with E-state index in [-0.39, 0.29) is 24.4 Å². The number of carbonyl (C=O) groups is 3. The van der Waals surface area contributed by atoms with Gasteiger partial charge in [0.25, 0.3) is 0 Å². The van der Waals surface area contributed by atoms with Gasteiger partial charge >= 0.3 is 5.97 Å². The zero-order valence-corrected chi connectivity index (χ0v) is 16.3. The summed E-state index contributed by atoms with van der Waals surface area (Å²) in [7, 11) is 1.27. The minimum absolute atomic E-state index is 0.0704. The van der Waals surface area contributed by atoms with Crippen LogP contribution in [-0.4, -0.2) is 42.8 Å². The summed E-state index contributed by atoms with van der Waals surface area (Å²) in [6, 6.07) is 0. The number of carbonyl (C=O) groups excluding carboxylic acids is 3. The highest BCUT2D eigenvalue weighted by Gasteiger charge is 2.70. The van der Waals surface area contributed by atoms with E-state index >= 15 is 0 Å². The van der Waals surface area contributed by atoms with Crippen molar-refractivity contribution in [3.63, 3.8) is 0 Å². The van der Waals surface area contributed by atoms with Gasteiger partial charge in [-0.1, -0.05) is 13.3 Å². The minimum Gasteiger partial charge on any atom is -0.468 e. The summed E-state index contributed by atoms with van der Waals surface area (Å²) in [6.07, 6.45) is 5.72. The first-order valence-corrected chi connectivity index (χ1v) is 10.3. The van der Waals surface area contributed by atoms with Crippen molar-refractivity contribution in [3.05, 3.63) is 11.8 Å². The molecule has 4 fully saturated rings. The van der Waals surface area contributed by atoms with Crippen LogP contribution in [0.4, 0.5) is 0 Å². The molecule has 0 N–H and O–H groups in total. The first-order chi connectivity index (χ1) is 13.4. The van der Waals surface area contributed by atoms with E-state index in [0.29, 0.717) is 5.76 Å². The normalized spacial score (nSPS) is 43.6. The van der Waals surface area contributed by atoms with Crippen LogP contribution in [0.2, 0.25) is 0 Å². The smallest absolute Gasteiger partial charge is 0.320 e. The lowest BCUT2D eigenvalue weighted by molar-refractivity contribution is -0.228. The van der Waals surface area contributed by atoms with Crippen LogP contribution in [0, 0.1) is 23.2 Å². The van der Waals surface area contributed by atoms with Gasteiger partial charge in [0.05, 0.1) is 18.9 Å². The molecule has 1 spiro atoms. The van der Waals surface area contributed by atoms with Gasteiger partial charge in [-0.25, -0.2) is 0 Å². The van der Waals surface area contributed by atoms with Crippen LogP contribution in [0.1, 0.15) is 51.9 Å². The Balaban J connectivity index is 1.58. The number of allylic oxidation sites excluding steroid dienone is 1. The molecule has 6 atom stereocenters. The molecule has 7 nitrogen and oxygen atoms in total. The molecule has 3 aliphatic carbocycles. The number of ether oxygens (including phenoxy) is 4. The van der Waals surface area contributed by atoms with Crippen LogP contribution in [0.3, 0.4) is 0 Å². The predicted molar refractivity (Wildman–Crippen MR) is 94.6 cm³/mol. The van der Waals surface area contributed by atoms with Crippen molar-refractivity contribution in [1.82, 2.24) is 0 Å². The topological polar surface area (TPSA) is 88.1 Å². The molecule has 0 aromatic carbocycles. The number of rotatable bonds is 1. The fourth-order valence-electron chi connectivity index (χ4n) is 6.17. The number of Topliss-reactive ketones (excluding diaryl/α,β-unsaturated/α-hetero) is 2. The number of fused-ring (bicyclic) bond motifs is 5. The lowest BCUT2D eigenvalue weighted by atomic mass is 9.52. The lowest BCUT2D eigenvalue weighted by Gasteiger charge is -2.48. The third kappa shape index (κ3) is 2.20. The Kier molecular flexibility index (Phi) is 4.01. The maximum atomic E-state index is 13.1. The zero-order chi connectivity index (χ0) is 19.7. The number of methoxy groups -OCH3 is 1. The first kappa shape index (κ1) is 18.3. The van der Waals surface area contributed by atoms with E-state index in [0.717, 1.165) is 32.1 Å². The number of hydrogen-bond donors (Lipinski definition) is 0. The number of ketones is 2. The van der Waals surface area contributed by atoms with E-state index in [1.165, 1.54) is 7.11 Å². The Bertz CT molecular complexity index is 755. The van der Waals surface area contributed by atoms with Crippen molar-refractivity contribution in [2.45, 2.75) is 70.1 Å². The average Bonchev–Trinajstić information content (AvgIpc) is 3.17. The molecule has 7 heteroatoms. The van der Waals surface area contributed by atoms with Crippen molar-refractivity contribution in [2.24, 2.45) is 23.2 Å². The van der Waals surface area contributed by atoms with Gasteiger partial charge in [-0.15, -0.1) is 0 Å². The van der Waals surface area contributed by atoms with Gasteiger partial charge in [0.15, 0.2) is 11.6 Å². The van der Waals surface area contributed by atoms with Crippen molar-refractivity contribution < 1.29 is 33.3 Å². The van der Waals surface area contributed by atoms with Gasteiger partial charge in [0.2, 0.25) is 6.29 Å². The predicted octanol–water partition coefficient (Wildman–Crippen LogP) is 2.28. The summed E-state index contributed by atoms with van der Waals surface area (Å²) < 4.78 is 23.7. The van der Waals surface area contributed by atoms with Gasteiger partial charge in [-0.3, -0.25) is 14.4 Å². The van der Waals surface area contributed by atoms with Crippen LogP contribution < -0.4 is 0 Å². The first-order valence-electron chi connectivity index (χ1n) is 10.3. The molecule has 0 amide bonds. The summed E-state index contributed by atoms with van der Waals surface area (Å²) in [5.74, 6) is -2.81. The second kappa shape index (κ2) is 6.13. The van der Waals surface area contributed by atoms with E-state index < -0.39 is 47.3 Å². The molecular weight excluding hydrogens is 364 g/mol. The fourth-order valence-corrected chi connectivity index (χ4v) is 6.17. The molecule has 0 radical (unpaired) electrons. The molecule has 2 saturated carbocycles. The fraction of sp³-hybridized carbons (Fsp3) is 0.762. The minimum atomic E-state index is -1.50. The second-order valence-electron chi connectivity index (χ2n) is 8.77. The monoisotopic (exact) mass is 390 g/mol. The summed E-state index contributed by atoms with van der Waals surface area (Å²) >= 11 is 0. The molecule has 5 aliphatic rings. The van der Waals surface area contributed by atoms with E-state index in [9.17, 15) is 14.4 Å². The van der Waals surface area contributed by atoms with Gasteiger partial charge in [-0.2, -0.15) is 0 Å². The summed E-state index contributed by atoms with van der Waals surface area (Å²) in [6.45, 7) is 1.78. The SMILES string of the molecule is COC(=O)[C@@]12C(=O)CCC(=O)C1C1C(=C[C@H]2C)O[C@@H]2OC3(CCCCC3)O[C@H]12. The van der Waals surface area contributed by atoms with Crippen LogP contribution in [0.25, 0.3) is 0 Å². The molecule has 0 aromatic heterocycles. The van der Waals surface area contributed by atoms with Crippen LogP contribution >= 0.6 is 0 Å². The van der Waals surface area contributed by atoms with Gasteiger partial charge < -0.3 is 18.9 Å². The molecule has 0 aromatic rings. The van der Waals surface area contributed by atoms with Crippen molar-refractivity contribution in [2.75, 3.05) is 7.11 Å². The lowest BCUT2D eigenvalue weighted by Crippen LogP contribution is -2.61. The highest BCUT2D eigenvalue weighted by atomic mass is 16.8. The maximum absolute atomic E-state index is 13.1. The second-order valence-corrected chi connectivity index (χ2v) is 8.77. The maximum Gasteiger partial charge on any atom is 0.320 e. The Morgan fingerprint density at radius 1 is 1.14 bits per heavy atom. The molecule has 0 bridgehead atoms. The van der Waals surface area contributed by atoms with E-state index in [2.05, 4.69) is 0 Å². The van der Waals surface area contributed by atoms with Crippen LogP contribution in [-0.2, 0) is 33.3 Å². The van der Waals surface area contributed by atoms with Crippen molar-refractivity contribution in [3.8, 4) is 0 Å². The molecule has 152 valence electrons. The average molecular weight is 390 g/mol. The van der Waals surface area contributed by atoms with Crippen LogP contribution in [0.15, 0.2) is 11.8 Å². The molecule has 2 saturated heterocycles. The van der Waals surface area contributed by atoms with Crippen molar-refractivity contribution in [1.29, 1.82) is 0 Å². The van der Waals surface area contributed by atoms with Gasteiger partial charge in [-0.05, 0) is 18.9 Å². The third-order valence-electron chi connectivity index (χ3n) is 7.41. The molecule has 2 aliphatic heterocycles. The number of esters is 1. The largest absolute Gasteiger partial charge is 0.468 e. The highest BCUT2D eigenvalue weighted by molar-refractivity contribution is 6.12. The molecule has 28 heavy (non-hydrogen) atoms. The Morgan fingerprint density at radius 3 is 2.61 bits per heavy atom. The van der Waals surface area contributed by atoms with Gasteiger partial charge in [0, 0.05) is 31.6 Å². The molecule has 5 rings (SSSR count).